The fourth-order valence-corrected chi connectivity index (χ4v) is 3.21. The minimum Gasteiger partial charge on any atom is -0.477 e. The number of nitrogens with zero attached hydrogens (tertiary/aromatic N) is 5. The number of hydrogen-bond donors (Lipinski definition) is 1. The Labute approximate surface area is 167 Å². The molecule has 1 aliphatic rings. The maximum atomic E-state index is 12.6. The highest BCUT2D eigenvalue weighted by atomic mass is 19.3. The largest absolute Gasteiger partial charge is 0.477 e. The van der Waals surface area contributed by atoms with Gasteiger partial charge in [-0.05, 0) is 25.5 Å². The highest BCUT2D eigenvalue weighted by molar-refractivity contribution is 5.39. The minimum atomic E-state index is -2.49. The summed E-state index contributed by atoms with van der Waals surface area (Å²) in [6, 6.07) is 4.90. The first kappa shape index (κ1) is 19.2. The van der Waals surface area contributed by atoms with Gasteiger partial charge in [0.15, 0.2) is 0 Å². The van der Waals surface area contributed by atoms with E-state index in [1.165, 1.54) is 12.3 Å². The molecular formula is C20H22F2N6O. The maximum Gasteiger partial charge on any atom is 0.265 e. The first-order valence-corrected chi connectivity index (χ1v) is 9.42. The highest BCUT2D eigenvalue weighted by Gasteiger charge is 2.40. The third-order valence-corrected chi connectivity index (χ3v) is 4.86. The predicted octanol–water partition coefficient (Wildman–Crippen LogP) is 3.65. The van der Waals surface area contributed by atoms with E-state index < -0.39 is 6.43 Å². The molecule has 0 radical (unpaired) electrons. The maximum absolute atomic E-state index is 12.6. The zero-order chi connectivity index (χ0) is 20.4. The van der Waals surface area contributed by atoms with Crippen LogP contribution < -0.4 is 10.1 Å². The van der Waals surface area contributed by atoms with Crippen LogP contribution in [0.1, 0.15) is 41.4 Å². The minimum absolute atomic E-state index is 0.0509. The lowest BCUT2D eigenvalue weighted by Gasteiger charge is -2.09. The third kappa shape index (κ3) is 4.85. The fraction of sp³-hybridized carbons (Fsp3) is 0.400. The Morgan fingerprint density at radius 3 is 2.83 bits per heavy atom. The first-order chi connectivity index (χ1) is 14.0. The van der Waals surface area contributed by atoms with Gasteiger partial charge in [-0.3, -0.25) is 9.67 Å². The summed E-state index contributed by atoms with van der Waals surface area (Å²) in [7, 11) is 1.87. The van der Waals surface area contributed by atoms with E-state index in [4.69, 9.17) is 4.74 Å². The van der Waals surface area contributed by atoms with E-state index in [9.17, 15) is 8.78 Å². The Bertz CT molecular complexity index is 975. The van der Waals surface area contributed by atoms with E-state index in [1.54, 1.807) is 23.0 Å². The summed E-state index contributed by atoms with van der Waals surface area (Å²) >= 11 is 0. The van der Waals surface area contributed by atoms with Gasteiger partial charge in [0.2, 0.25) is 5.88 Å². The summed E-state index contributed by atoms with van der Waals surface area (Å²) < 4.78 is 32.9. The number of aromatic nitrogens is 5. The van der Waals surface area contributed by atoms with Gasteiger partial charge < -0.3 is 10.1 Å². The van der Waals surface area contributed by atoms with Crippen LogP contribution in [0, 0.1) is 12.8 Å². The molecule has 0 spiro atoms. The second kappa shape index (κ2) is 8.10. The van der Waals surface area contributed by atoms with Crippen molar-refractivity contribution >= 4 is 5.82 Å². The van der Waals surface area contributed by atoms with Crippen molar-refractivity contribution in [3.63, 3.8) is 0 Å². The number of nitrogens with one attached hydrogen (secondary N) is 1. The Morgan fingerprint density at radius 2 is 2.14 bits per heavy atom. The Balaban J connectivity index is 1.31. The molecule has 0 bridgehead atoms. The van der Waals surface area contributed by atoms with Crippen LogP contribution in [-0.2, 0) is 13.6 Å². The van der Waals surface area contributed by atoms with Crippen molar-refractivity contribution in [1.82, 2.24) is 24.7 Å². The lowest BCUT2D eigenvalue weighted by atomic mass is 10.2. The highest BCUT2D eigenvalue weighted by Crippen LogP contribution is 2.46. The average Bonchev–Trinajstić information content (AvgIpc) is 3.36. The van der Waals surface area contributed by atoms with Crippen LogP contribution in [0.4, 0.5) is 14.6 Å². The molecule has 1 N–H and O–H groups in total. The number of anilines is 1. The molecule has 1 fully saturated rings. The first-order valence-electron chi connectivity index (χ1n) is 9.42. The van der Waals surface area contributed by atoms with Crippen LogP contribution in [0.5, 0.6) is 5.88 Å². The van der Waals surface area contributed by atoms with Crippen LogP contribution in [0.25, 0.3) is 0 Å². The zero-order valence-corrected chi connectivity index (χ0v) is 16.2. The van der Waals surface area contributed by atoms with Crippen molar-refractivity contribution < 1.29 is 13.5 Å². The third-order valence-electron chi connectivity index (χ3n) is 4.86. The molecule has 3 aromatic heterocycles. The number of hydrogen-bond acceptors (Lipinski definition) is 6. The molecule has 0 saturated heterocycles. The molecule has 1 saturated carbocycles. The van der Waals surface area contributed by atoms with Gasteiger partial charge in [0.05, 0.1) is 12.8 Å². The van der Waals surface area contributed by atoms with E-state index in [0.717, 1.165) is 17.7 Å². The van der Waals surface area contributed by atoms with Crippen LogP contribution in [0.2, 0.25) is 0 Å². The number of alkyl halides is 2. The second-order valence-electron chi connectivity index (χ2n) is 7.24. The molecule has 0 unspecified atom stereocenters. The summed E-state index contributed by atoms with van der Waals surface area (Å²) in [5, 5.41) is 7.39. The number of aryl methyl sites for hydroxylation is 2. The van der Waals surface area contributed by atoms with Crippen molar-refractivity contribution in [1.29, 1.82) is 0 Å². The van der Waals surface area contributed by atoms with Crippen LogP contribution in [0.3, 0.4) is 0 Å². The molecule has 4 rings (SSSR count). The molecule has 7 nitrogen and oxygen atoms in total. The summed E-state index contributed by atoms with van der Waals surface area (Å²) in [6.45, 7) is 2.92. The van der Waals surface area contributed by atoms with E-state index >= 15 is 0 Å². The number of halogens is 2. The molecule has 152 valence electrons. The van der Waals surface area contributed by atoms with Crippen molar-refractivity contribution in [3.05, 3.63) is 59.4 Å². The van der Waals surface area contributed by atoms with Gasteiger partial charge in [0, 0.05) is 60.7 Å². The average molecular weight is 400 g/mol. The molecular weight excluding hydrogens is 378 g/mol. The smallest absolute Gasteiger partial charge is 0.265 e. The van der Waals surface area contributed by atoms with Gasteiger partial charge in [-0.2, -0.15) is 10.1 Å². The Morgan fingerprint density at radius 1 is 1.28 bits per heavy atom. The summed E-state index contributed by atoms with van der Waals surface area (Å²) in [6.07, 6.45) is 3.43. The van der Waals surface area contributed by atoms with Crippen molar-refractivity contribution in [2.24, 2.45) is 13.0 Å². The van der Waals surface area contributed by atoms with Crippen molar-refractivity contribution in [3.8, 4) is 5.88 Å². The van der Waals surface area contributed by atoms with E-state index in [0.29, 0.717) is 36.6 Å². The molecule has 0 aromatic carbocycles. The number of rotatable bonds is 8. The molecule has 0 amide bonds. The molecule has 29 heavy (non-hydrogen) atoms. The van der Waals surface area contributed by atoms with Crippen LogP contribution in [-0.4, -0.2) is 31.3 Å². The van der Waals surface area contributed by atoms with E-state index in [-0.39, 0.29) is 11.5 Å². The van der Waals surface area contributed by atoms with Gasteiger partial charge in [0.1, 0.15) is 11.6 Å². The zero-order valence-electron chi connectivity index (χ0n) is 16.2. The van der Waals surface area contributed by atoms with Crippen molar-refractivity contribution in [2.45, 2.75) is 32.2 Å². The summed E-state index contributed by atoms with van der Waals surface area (Å²) in [5.74, 6) is 2.37. The van der Waals surface area contributed by atoms with Gasteiger partial charge >= 0.3 is 0 Å². The lowest BCUT2D eigenvalue weighted by molar-refractivity contribution is 0.151. The Hall–Kier alpha value is -3.10. The molecule has 9 heteroatoms. The monoisotopic (exact) mass is 400 g/mol. The Kier molecular flexibility index (Phi) is 5.37. The lowest BCUT2D eigenvalue weighted by Crippen LogP contribution is -2.07. The van der Waals surface area contributed by atoms with E-state index in [2.05, 4.69) is 25.4 Å². The van der Waals surface area contributed by atoms with Gasteiger partial charge in [-0.1, -0.05) is 0 Å². The number of ether oxygens (including phenoxy) is 1. The second-order valence-corrected chi connectivity index (χ2v) is 7.24. The fourth-order valence-electron chi connectivity index (χ4n) is 3.21. The van der Waals surface area contributed by atoms with Gasteiger partial charge in [-0.25, -0.2) is 13.8 Å². The summed E-state index contributed by atoms with van der Waals surface area (Å²) in [4.78, 5) is 12.9. The normalized spacial score (nSPS) is 18.1. The van der Waals surface area contributed by atoms with Gasteiger partial charge in [0.25, 0.3) is 6.43 Å². The molecule has 1 aliphatic carbocycles. The standard InChI is InChI=1S/C20H22F2N6O/c1-12-26-18(24-7-13-8-25-28(2)10-13)6-19(27-12)29-11-15-5-16(15)17-4-3-14(9-23-17)20(21)22/h3-4,6,8-10,15-16,20H,5,7,11H2,1-2H3,(H,24,26,27)/t15-,16+/m1/s1. The predicted molar refractivity (Wildman–Crippen MR) is 103 cm³/mol. The van der Waals surface area contributed by atoms with Crippen LogP contribution >= 0.6 is 0 Å². The summed E-state index contributed by atoms with van der Waals surface area (Å²) in [5.41, 5.74) is 1.84. The molecule has 3 aromatic rings. The van der Waals surface area contributed by atoms with Crippen LogP contribution in [0.15, 0.2) is 36.8 Å². The van der Waals surface area contributed by atoms with Crippen molar-refractivity contribution in [2.75, 3.05) is 11.9 Å². The quantitative estimate of drug-likeness (QED) is 0.622. The molecule has 0 aliphatic heterocycles. The van der Waals surface area contributed by atoms with Gasteiger partial charge in [-0.15, -0.1) is 0 Å². The molecule has 3 heterocycles. The topological polar surface area (TPSA) is 77.8 Å². The molecule has 2 atom stereocenters. The van der Waals surface area contributed by atoms with E-state index in [1.807, 2.05) is 20.2 Å². The SMILES string of the molecule is Cc1nc(NCc2cnn(C)c2)cc(OC[C@H]2C[C@@H]2c2ccc(C(F)F)cn2)n1. The number of pyridine rings is 1.